The smallest absolute Gasteiger partial charge is 0.407 e. The Bertz CT molecular complexity index is 1470. The van der Waals surface area contributed by atoms with Gasteiger partial charge < -0.3 is 20.5 Å². The van der Waals surface area contributed by atoms with Gasteiger partial charge in [0.25, 0.3) is 0 Å². The van der Waals surface area contributed by atoms with Crippen molar-refractivity contribution in [2.24, 2.45) is 5.41 Å². The lowest BCUT2D eigenvalue weighted by molar-refractivity contribution is -0.131. The van der Waals surface area contributed by atoms with Crippen LogP contribution in [0.2, 0.25) is 0 Å². The Balaban J connectivity index is 1.09. The average Bonchev–Trinajstić information content (AvgIpc) is 3.20. The minimum absolute atomic E-state index is 0.255. The van der Waals surface area contributed by atoms with Gasteiger partial charge >= 0.3 is 6.09 Å². The third-order valence-electron chi connectivity index (χ3n) is 8.03. The van der Waals surface area contributed by atoms with Gasteiger partial charge in [0, 0.05) is 37.8 Å². The molecule has 0 radical (unpaired) electrons. The van der Waals surface area contributed by atoms with Crippen LogP contribution >= 0.6 is 0 Å². The fourth-order valence-electron chi connectivity index (χ4n) is 6.04. The number of rotatable bonds is 5. The summed E-state index contributed by atoms with van der Waals surface area (Å²) in [5.74, 6) is 1.96. The zero-order chi connectivity index (χ0) is 25.1. The molecule has 2 aromatic heterocycles. The Morgan fingerprint density at radius 3 is 2.38 bits per heavy atom. The van der Waals surface area contributed by atoms with E-state index >= 15 is 0 Å². The van der Waals surface area contributed by atoms with Crippen LogP contribution in [0.25, 0.3) is 22.3 Å². The van der Waals surface area contributed by atoms with Crippen LogP contribution < -0.4 is 10.5 Å². The van der Waals surface area contributed by atoms with E-state index in [0.29, 0.717) is 30.4 Å². The Morgan fingerprint density at radius 1 is 0.973 bits per heavy atom. The average molecular weight is 498 g/mol. The Labute approximate surface area is 213 Å². The Morgan fingerprint density at radius 2 is 1.68 bits per heavy atom. The minimum Gasteiger partial charge on any atom is -0.465 e. The molecule has 1 aliphatic carbocycles. The molecular weight excluding hydrogens is 470 g/mol. The van der Waals surface area contributed by atoms with E-state index in [9.17, 15) is 4.79 Å². The SMILES string of the molecule is Nc1ncnc2c1c(-c1ccc(Oc3ccccc3)cc1)nn2C1CC2(C1)CN(C1CN(C(=O)O)C1)C2. The lowest BCUT2D eigenvalue weighted by atomic mass is 9.60. The predicted octanol–water partition coefficient (Wildman–Crippen LogP) is 3.87. The summed E-state index contributed by atoms with van der Waals surface area (Å²) in [6, 6.07) is 18.1. The topological polar surface area (TPSA) is 123 Å². The van der Waals surface area contributed by atoms with Crippen LogP contribution in [0.3, 0.4) is 0 Å². The molecular formula is C27H27N7O3. The molecule has 2 aromatic carbocycles. The van der Waals surface area contributed by atoms with Gasteiger partial charge in [-0.15, -0.1) is 0 Å². The summed E-state index contributed by atoms with van der Waals surface area (Å²) in [4.78, 5) is 23.7. The van der Waals surface area contributed by atoms with Crippen molar-refractivity contribution in [3.8, 4) is 22.8 Å². The second-order valence-corrected chi connectivity index (χ2v) is 10.5. The van der Waals surface area contributed by atoms with E-state index < -0.39 is 6.09 Å². The molecule has 1 spiro atoms. The number of benzene rings is 2. The van der Waals surface area contributed by atoms with Gasteiger partial charge in [-0.3, -0.25) is 4.90 Å². The summed E-state index contributed by atoms with van der Waals surface area (Å²) in [6.07, 6.45) is 2.74. The van der Waals surface area contributed by atoms with E-state index in [1.807, 2.05) is 59.3 Å². The predicted molar refractivity (Wildman–Crippen MR) is 137 cm³/mol. The van der Waals surface area contributed by atoms with Gasteiger partial charge in [0.15, 0.2) is 5.65 Å². The van der Waals surface area contributed by atoms with Crippen LogP contribution in [-0.4, -0.2) is 73.0 Å². The molecule has 7 rings (SSSR count). The molecule has 1 saturated carbocycles. The molecule has 10 heteroatoms. The van der Waals surface area contributed by atoms with Crippen molar-refractivity contribution in [1.29, 1.82) is 0 Å². The highest BCUT2D eigenvalue weighted by atomic mass is 16.5. The molecule has 10 nitrogen and oxygen atoms in total. The van der Waals surface area contributed by atoms with Crippen molar-refractivity contribution in [3.63, 3.8) is 0 Å². The van der Waals surface area contributed by atoms with E-state index in [1.165, 1.54) is 11.2 Å². The first kappa shape index (κ1) is 22.1. The van der Waals surface area contributed by atoms with Crippen LogP contribution in [0.5, 0.6) is 11.5 Å². The van der Waals surface area contributed by atoms with Gasteiger partial charge in [-0.1, -0.05) is 18.2 Å². The summed E-state index contributed by atoms with van der Waals surface area (Å²) in [5.41, 5.74) is 9.08. The number of hydrogen-bond acceptors (Lipinski definition) is 7. The van der Waals surface area contributed by atoms with Crippen LogP contribution in [0.4, 0.5) is 10.6 Å². The van der Waals surface area contributed by atoms with E-state index in [2.05, 4.69) is 14.9 Å². The molecule has 0 atom stereocenters. The number of nitrogens with zero attached hydrogens (tertiary/aromatic N) is 6. The highest BCUT2D eigenvalue weighted by Gasteiger charge is 2.56. The van der Waals surface area contributed by atoms with Crippen molar-refractivity contribution in [1.82, 2.24) is 29.5 Å². The molecule has 2 saturated heterocycles. The number of nitrogen functional groups attached to an aromatic ring is 1. The van der Waals surface area contributed by atoms with Crippen LogP contribution in [0, 0.1) is 5.41 Å². The zero-order valence-electron chi connectivity index (χ0n) is 20.2. The zero-order valence-corrected chi connectivity index (χ0v) is 20.2. The van der Waals surface area contributed by atoms with Gasteiger partial charge in [0.2, 0.25) is 0 Å². The van der Waals surface area contributed by atoms with Crippen molar-refractivity contribution in [3.05, 3.63) is 60.9 Å². The quantitative estimate of drug-likeness (QED) is 0.426. The molecule has 2 aliphatic heterocycles. The lowest BCUT2D eigenvalue weighted by Gasteiger charge is -2.62. The number of amides is 1. The van der Waals surface area contributed by atoms with Gasteiger partial charge in [-0.2, -0.15) is 5.10 Å². The molecule has 1 amide bonds. The standard InChI is InChI=1S/C27H27N7O3/c28-24-22-23(17-6-8-21(9-7-17)37-20-4-2-1-3-5-20)31-34(25(22)30-16-29-24)18-10-27(11-18)14-33(15-27)19-12-32(13-19)26(35)36/h1-9,16,18-19H,10-15H2,(H,35,36)(H2,28,29,30). The molecule has 3 fully saturated rings. The number of carbonyl (C=O) groups is 1. The molecule has 3 N–H and O–H groups in total. The molecule has 37 heavy (non-hydrogen) atoms. The number of fused-ring (bicyclic) bond motifs is 1. The third-order valence-corrected chi connectivity index (χ3v) is 8.03. The number of carboxylic acid groups (broad SMARTS) is 1. The van der Waals surface area contributed by atoms with E-state index in [0.717, 1.165) is 59.7 Å². The van der Waals surface area contributed by atoms with Crippen LogP contribution in [0.1, 0.15) is 18.9 Å². The molecule has 4 aromatic rings. The number of aromatic nitrogens is 4. The van der Waals surface area contributed by atoms with Gasteiger partial charge in [-0.05, 0) is 54.7 Å². The van der Waals surface area contributed by atoms with Crippen LogP contribution in [0.15, 0.2) is 60.9 Å². The molecule has 0 unspecified atom stereocenters. The van der Waals surface area contributed by atoms with Crippen molar-refractivity contribution >= 4 is 22.9 Å². The first-order chi connectivity index (χ1) is 18.0. The Hall–Kier alpha value is -4.18. The highest BCUT2D eigenvalue weighted by molar-refractivity contribution is 5.98. The summed E-state index contributed by atoms with van der Waals surface area (Å²) in [5, 5.41) is 14.9. The second kappa shape index (κ2) is 8.17. The van der Waals surface area contributed by atoms with Gasteiger partial charge in [0.05, 0.1) is 11.4 Å². The van der Waals surface area contributed by atoms with Crippen molar-refractivity contribution in [2.75, 3.05) is 31.9 Å². The number of hydrogen-bond donors (Lipinski definition) is 2. The van der Waals surface area contributed by atoms with E-state index in [4.69, 9.17) is 20.7 Å². The number of para-hydroxylation sites is 1. The first-order valence-corrected chi connectivity index (χ1v) is 12.5. The maximum atomic E-state index is 11.0. The van der Waals surface area contributed by atoms with Crippen molar-refractivity contribution < 1.29 is 14.6 Å². The molecule has 188 valence electrons. The maximum absolute atomic E-state index is 11.0. The summed E-state index contributed by atoms with van der Waals surface area (Å²) in [7, 11) is 0. The summed E-state index contributed by atoms with van der Waals surface area (Å²) < 4.78 is 7.96. The molecule has 0 bridgehead atoms. The number of ether oxygens (including phenoxy) is 1. The fourth-order valence-corrected chi connectivity index (χ4v) is 6.04. The monoisotopic (exact) mass is 497 g/mol. The molecule has 3 aliphatic rings. The number of likely N-dealkylation sites (tertiary alicyclic amines) is 2. The largest absolute Gasteiger partial charge is 0.465 e. The Kier molecular flexibility index (Phi) is 4.87. The first-order valence-electron chi connectivity index (χ1n) is 12.5. The van der Waals surface area contributed by atoms with E-state index in [-0.39, 0.29) is 6.04 Å². The summed E-state index contributed by atoms with van der Waals surface area (Å²) in [6.45, 7) is 3.28. The van der Waals surface area contributed by atoms with Crippen LogP contribution in [-0.2, 0) is 0 Å². The third kappa shape index (κ3) is 3.67. The normalized spacial score (nSPS) is 19.4. The van der Waals surface area contributed by atoms with Crippen molar-refractivity contribution in [2.45, 2.75) is 24.9 Å². The lowest BCUT2D eigenvalue weighted by Crippen LogP contribution is -2.71. The van der Waals surface area contributed by atoms with E-state index in [1.54, 1.807) is 0 Å². The summed E-state index contributed by atoms with van der Waals surface area (Å²) >= 11 is 0. The van der Waals surface area contributed by atoms with Gasteiger partial charge in [0.1, 0.15) is 29.3 Å². The fraction of sp³-hybridized carbons (Fsp3) is 0.333. The number of nitrogens with two attached hydrogens (primary N) is 1. The van der Waals surface area contributed by atoms with Gasteiger partial charge in [-0.25, -0.2) is 19.4 Å². The highest BCUT2D eigenvalue weighted by Crippen LogP contribution is 2.55. The minimum atomic E-state index is -0.823. The maximum Gasteiger partial charge on any atom is 0.407 e. The number of anilines is 1. The molecule has 4 heterocycles. The second-order valence-electron chi connectivity index (χ2n) is 10.5.